The zero-order chi connectivity index (χ0) is 13.7. The van der Waals surface area contributed by atoms with Crippen molar-refractivity contribution in [2.75, 3.05) is 5.32 Å². The van der Waals surface area contributed by atoms with Crippen LogP contribution in [0.2, 0.25) is 0 Å². The number of hydrogen-bond donors (Lipinski definition) is 1. The summed E-state index contributed by atoms with van der Waals surface area (Å²) in [6.07, 6.45) is 6.00. The maximum atomic E-state index is 11.9. The fraction of sp³-hybridized carbons (Fsp3) is 0.385. The minimum atomic E-state index is -0.0111. The molecule has 2 aromatic rings. The van der Waals surface area contributed by atoms with E-state index in [9.17, 15) is 4.79 Å². The van der Waals surface area contributed by atoms with Crippen LogP contribution in [-0.2, 0) is 4.79 Å². The molecule has 6 heteroatoms. The van der Waals surface area contributed by atoms with Crippen LogP contribution in [0.1, 0.15) is 26.7 Å². The van der Waals surface area contributed by atoms with Crippen molar-refractivity contribution in [2.24, 2.45) is 5.92 Å². The Hall–Kier alpha value is -2.24. The minimum Gasteiger partial charge on any atom is -0.323 e. The number of nitrogens with one attached hydrogen (secondary N) is 1. The van der Waals surface area contributed by atoms with E-state index in [1.165, 1.54) is 11.0 Å². The number of amides is 1. The van der Waals surface area contributed by atoms with Gasteiger partial charge in [0.1, 0.15) is 12.7 Å². The number of carbonyl (C=O) groups is 1. The zero-order valence-electron chi connectivity index (χ0n) is 11.1. The van der Waals surface area contributed by atoms with Crippen molar-refractivity contribution in [1.29, 1.82) is 0 Å². The summed E-state index contributed by atoms with van der Waals surface area (Å²) in [6.45, 7) is 4.19. The van der Waals surface area contributed by atoms with E-state index in [4.69, 9.17) is 0 Å². The summed E-state index contributed by atoms with van der Waals surface area (Å²) in [5, 5.41) is 6.88. The maximum absolute atomic E-state index is 11.9. The number of carbonyl (C=O) groups excluding carboxylic acids is 1. The highest BCUT2D eigenvalue weighted by molar-refractivity contribution is 5.92. The average Bonchev–Trinajstić information content (AvgIpc) is 2.91. The average molecular weight is 259 g/mol. The van der Waals surface area contributed by atoms with Gasteiger partial charge in [0.25, 0.3) is 0 Å². The first-order valence-electron chi connectivity index (χ1n) is 6.26. The van der Waals surface area contributed by atoms with Gasteiger partial charge >= 0.3 is 0 Å². The Kier molecular flexibility index (Phi) is 4.22. The summed E-state index contributed by atoms with van der Waals surface area (Å²) in [7, 11) is 0. The molecular formula is C13H17N5O. The van der Waals surface area contributed by atoms with E-state index in [1.807, 2.05) is 0 Å². The molecule has 19 heavy (non-hydrogen) atoms. The molecule has 2 heterocycles. The largest absolute Gasteiger partial charge is 0.323 e. The van der Waals surface area contributed by atoms with Crippen molar-refractivity contribution in [3.05, 3.63) is 31.0 Å². The lowest BCUT2D eigenvalue weighted by Gasteiger charge is -2.10. The predicted octanol–water partition coefficient (Wildman–Crippen LogP) is 2.04. The van der Waals surface area contributed by atoms with Gasteiger partial charge in [-0.2, -0.15) is 5.10 Å². The van der Waals surface area contributed by atoms with Gasteiger partial charge in [-0.15, -0.1) is 0 Å². The van der Waals surface area contributed by atoms with Gasteiger partial charge < -0.3 is 5.32 Å². The molecule has 0 aliphatic rings. The molecular weight excluding hydrogens is 242 g/mol. The molecule has 0 aliphatic heterocycles. The van der Waals surface area contributed by atoms with Gasteiger partial charge in [0, 0.05) is 12.6 Å². The third kappa shape index (κ3) is 3.61. The Bertz CT molecular complexity index is 536. The number of nitrogens with zero attached hydrogens (tertiary/aromatic N) is 4. The molecule has 0 spiro atoms. The van der Waals surface area contributed by atoms with Crippen LogP contribution in [-0.4, -0.2) is 25.7 Å². The van der Waals surface area contributed by atoms with Crippen LogP contribution >= 0.6 is 0 Å². The molecule has 0 saturated carbocycles. The zero-order valence-corrected chi connectivity index (χ0v) is 11.1. The predicted molar refractivity (Wildman–Crippen MR) is 71.9 cm³/mol. The Labute approximate surface area is 111 Å². The van der Waals surface area contributed by atoms with Crippen molar-refractivity contribution in [3.8, 4) is 5.82 Å². The van der Waals surface area contributed by atoms with Crippen molar-refractivity contribution in [1.82, 2.24) is 19.7 Å². The smallest absolute Gasteiger partial charge is 0.224 e. The number of pyridine rings is 1. The summed E-state index contributed by atoms with van der Waals surface area (Å²) in [5.74, 6) is 1.07. The highest BCUT2D eigenvalue weighted by atomic mass is 16.1. The molecule has 0 aliphatic carbocycles. The van der Waals surface area contributed by atoms with E-state index in [-0.39, 0.29) is 5.91 Å². The third-order valence-corrected chi connectivity index (χ3v) is 2.65. The Morgan fingerprint density at radius 1 is 1.47 bits per heavy atom. The van der Waals surface area contributed by atoms with Crippen LogP contribution in [0.5, 0.6) is 0 Å². The molecule has 0 saturated heterocycles. The number of hydrogen-bond acceptors (Lipinski definition) is 4. The van der Waals surface area contributed by atoms with E-state index >= 15 is 0 Å². The van der Waals surface area contributed by atoms with Crippen LogP contribution in [0.4, 0.5) is 5.69 Å². The van der Waals surface area contributed by atoms with Gasteiger partial charge in [-0.1, -0.05) is 13.8 Å². The van der Waals surface area contributed by atoms with Crippen molar-refractivity contribution >= 4 is 11.6 Å². The van der Waals surface area contributed by atoms with E-state index in [1.54, 1.807) is 24.7 Å². The summed E-state index contributed by atoms with van der Waals surface area (Å²) in [5.41, 5.74) is 0.641. The van der Waals surface area contributed by atoms with Gasteiger partial charge in [-0.25, -0.2) is 14.6 Å². The first kappa shape index (κ1) is 13.2. The first-order valence-corrected chi connectivity index (χ1v) is 6.26. The van der Waals surface area contributed by atoms with E-state index in [0.717, 1.165) is 6.42 Å². The van der Waals surface area contributed by atoms with E-state index in [0.29, 0.717) is 23.8 Å². The molecule has 0 radical (unpaired) electrons. The summed E-state index contributed by atoms with van der Waals surface area (Å²) in [6, 6.07) is 3.58. The maximum Gasteiger partial charge on any atom is 0.224 e. The molecule has 1 N–H and O–H groups in total. The number of rotatable bonds is 5. The molecule has 2 rings (SSSR count). The number of anilines is 1. The normalized spacial score (nSPS) is 10.7. The second-order valence-electron chi connectivity index (χ2n) is 4.70. The van der Waals surface area contributed by atoms with Gasteiger partial charge in [0.15, 0.2) is 5.82 Å². The van der Waals surface area contributed by atoms with Crippen LogP contribution in [0, 0.1) is 5.92 Å². The standard InChI is InChI=1S/C13H17N5O/c1-10(2)5-6-12(19)17-11-4-3-7-15-13(11)18-9-14-8-16-18/h3-4,7-10H,5-6H2,1-2H3,(H,17,19). The lowest BCUT2D eigenvalue weighted by atomic mass is 10.1. The van der Waals surface area contributed by atoms with Gasteiger partial charge in [-0.05, 0) is 24.5 Å². The molecule has 0 unspecified atom stereocenters. The monoisotopic (exact) mass is 259 g/mol. The van der Waals surface area contributed by atoms with Crippen molar-refractivity contribution < 1.29 is 4.79 Å². The van der Waals surface area contributed by atoms with Crippen molar-refractivity contribution in [3.63, 3.8) is 0 Å². The van der Waals surface area contributed by atoms with Crippen LogP contribution in [0.25, 0.3) is 5.82 Å². The summed E-state index contributed by atoms with van der Waals surface area (Å²) >= 11 is 0. The molecule has 0 fully saturated rings. The molecule has 2 aromatic heterocycles. The summed E-state index contributed by atoms with van der Waals surface area (Å²) in [4.78, 5) is 19.9. The molecule has 0 aromatic carbocycles. The van der Waals surface area contributed by atoms with Gasteiger partial charge in [0.05, 0.1) is 5.69 Å². The topological polar surface area (TPSA) is 72.7 Å². The fourth-order valence-electron chi connectivity index (χ4n) is 1.63. The van der Waals surface area contributed by atoms with Crippen LogP contribution in [0.15, 0.2) is 31.0 Å². The molecule has 6 nitrogen and oxygen atoms in total. The second-order valence-corrected chi connectivity index (χ2v) is 4.70. The van der Waals surface area contributed by atoms with Crippen molar-refractivity contribution in [2.45, 2.75) is 26.7 Å². The second kappa shape index (κ2) is 6.08. The molecule has 0 atom stereocenters. The molecule has 1 amide bonds. The van der Waals surface area contributed by atoms with E-state index in [2.05, 4.69) is 34.2 Å². The quantitative estimate of drug-likeness (QED) is 0.891. The SMILES string of the molecule is CC(C)CCC(=O)Nc1cccnc1-n1cncn1. The first-order chi connectivity index (χ1) is 9.16. The minimum absolute atomic E-state index is 0.0111. The van der Waals surface area contributed by atoms with E-state index < -0.39 is 0 Å². The van der Waals surface area contributed by atoms with Crippen LogP contribution < -0.4 is 5.32 Å². The Balaban J connectivity index is 2.10. The Morgan fingerprint density at radius 3 is 3.00 bits per heavy atom. The van der Waals surface area contributed by atoms with Crippen LogP contribution in [0.3, 0.4) is 0 Å². The molecule has 0 bridgehead atoms. The highest BCUT2D eigenvalue weighted by Crippen LogP contribution is 2.16. The Morgan fingerprint density at radius 2 is 2.32 bits per heavy atom. The van der Waals surface area contributed by atoms with Gasteiger partial charge in [-0.3, -0.25) is 4.79 Å². The summed E-state index contributed by atoms with van der Waals surface area (Å²) < 4.78 is 1.53. The fourth-order valence-corrected chi connectivity index (χ4v) is 1.63. The lowest BCUT2D eigenvalue weighted by molar-refractivity contribution is -0.116. The lowest BCUT2D eigenvalue weighted by Crippen LogP contribution is -2.15. The third-order valence-electron chi connectivity index (χ3n) is 2.65. The highest BCUT2D eigenvalue weighted by Gasteiger charge is 2.10. The van der Waals surface area contributed by atoms with Gasteiger partial charge in [0.2, 0.25) is 5.91 Å². The number of aromatic nitrogens is 4. The molecule has 100 valence electrons.